The molecular weight excluding hydrogens is 536 g/mol. The molecule has 7 nitrogen and oxygen atoms in total. The molecule has 1 heterocycles. The van der Waals surface area contributed by atoms with Gasteiger partial charge in [-0.2, -0.15) is 0 Å². The van der Waals surface area contributed by atoms with Gasteiger partial charge in [0.25, 0.3) is 5.91 Å². The minimum atomic E-state index is -3.63. The number of carbonyl (C=O) groups is 1. The quantitative estimate of drug-likeness (QED) is 0.297. The highest BCUT2D eigenvalue weighted by atomic mass is 35.5. The van der Waals surface area contributed by atoms with Crippen molar-refractivity contribution in [2.45, 2.75) is 12.7 Å². The van der Waals surface area contributed by atoms with Crippen molar-refractivity contribution >= 4 is 48.3 Å². The number of carbonyl (C=O) groups excluding carboxylic acids is 1. The van der Waals surface area contributed by atoms with Crippen LogP contribution in [0.1, 0.15) is 27.6 Å². The van der Waals surface area contributed by atoms with Gasteiger partial charge in [-0.05, 0) is 48.0 Å². The molecule has 182 valence electrons. The molecule has 0 aromatic heterocycles. The Balaban J connectivity index is 1.42. The van der Waals surface area contributed by atoms with Crippen LogP contribution in [0.2, 0.25) is 15.1 Å². The van der Waals surface area contributed by atoms with Crippen molar-refractivity contribution in [3.8, 4) is 11.5 Å². The van der Waals surface area contributed by atoms with E-state index in [-0.39, 0.29) is 34.3 Å². The van der Waals surface area contributed by atoms with E-state index in [0.29, 0.717) is 16.3 Å². The molecule has 4 rings (SSSR count). The number of amides is 1. The molecule has 2 N–H and O–H groups in total. The van der Waals surface area contributed by atoms with Crippen LogP contribution in [0.3, 0.4) is 0 Å². The van der Waals surface area contributed by atoms with Gasteiger partial charge in [0.05, 0.1) is 21.9 Å². The number of nitrogens with two attached hydrogens (primary N) is 1. The van der Waals surface area contributed by atoms with Crippen molar-refractivity contribution in [1.82, 2.24) is 0 Å². The number of hydrogen-bond acceptors (Lipinski definition) is 6. The summed E-state index contributed by atoms with van der Waals surface area (Å²) in [5, 5.41) is 1.04. The lowest BCUT2D eigenvalue weighted by Crippen LogP contribution is -2.13. The number of para-hydroxylation sites is 1. The van der Waals surface area contributed by atoms with Crippen LogP contribution in [0.4, 0.5) is 0 Å². The number of primary amides is 1. The fourth-order valence-electron chi connectivity index (χ4n) is 3.25. The van der Waals surface area contributed by atoms with Gasteiger partial charge in [-0.3, -0.25) is 9.32 Å². The van der Waals surface area contributed by atoms with E-state index in [2.05, 4.69) is 0 Å². The van der Waals surface area contributed by atoms with Gasteiger partial charge >= 0.3 is 7.60 Å². The standard InChI is InChI=1S/C24H19Cl3NO6P/c25-16-5-3-4-15(10-16)22-8-9-33-35(30,34-22)14-32-17-11-20(26)19(21(27)12-17)13-31-23-7-2-1-6-18(23)24(28)29/h1-12,22H,13-14H2,(H2,28,29)/t22-,35-/m0/s1. The van der Waals surface area contributed by atoms with Gasteiger partial charge in [0.15, 0.2) is 0 Å². The van der Waals surface area contributed by atoms with Crippen molar-refractivity contribution in [2.24, 2.45) is 5.73 Å². The Labute approximate surface area is 216 Å². The molecule has 2 atom stereocenters. The van der Waals surface area contributed by atoms with Gasteiger partial charge in [0.2, 0.25) is 6.35 Å². The van der Waals surface area contributed by atoms with Crippen LogP contribution in [0.5, 0.6) is 11.5 Å². The molecule has 3 aromatic rings. The number of hydrogen-bond donors (Lipinski definition) is 1. The van der Waals surface area contributed by atoms with Crippen molar-refractivity contribution in [2.75, 3.05) is 6.35 Å². The molecule has 0 radical (unpaired) electrons. The molecule has 11 heteroatoms. The highest BCUT2D eigenvalue weighted by Crippen LogP contribution is 2.55. The first-order valence-corrected chi connectivity index (χ1v) is 13.1. The van der Waals surface area contributed by atoms with Gasteiger partial charge in [-0.15, -0.1) is 0 Å². The van der Waals surface area contributed by atoms with E-state index in [0.717, 1.165) is 5.56 Å². The van der Waals surface area contributed by atoms with Crippen LogP contribution in [0.25, 0.3) is 0 Å². The van der Waals surface area contributed by atoms with Gasteiger partial charge in [-0.25, -0.2) is 4.57 Å². The number of ether oxygens (including phenoxy) is 2. The number of halogens is 3. The molecule has 0 bridgehead atoms. The number of benzene rings is 3. The average molecular weight is 555 g/mol. The lowest BCUT2D eigenvalue weighted by Gasteiger charge is -2.26. The Kier molecular flexibility index (Phi) is 7.95. The summed E-state index contributed by atoms with van der Waals surface area (Å²) in [6.07, 6.45) is 1.97. The molecule has 0 fully saturated rings. The predicted octanol–water partition coefficient (Wildman–Crippen LogP) is 7.16. The predicted molar refractivity (Wildman–Crippen MR) is 134 cm³/mol. The third-order valence-corrected chi connectivity index (χ3v) is 7.30. The third-order valence-electron chi connectivity index (χ3n) is 4.95. The highest BCUT2D eigenvalue weighted by Gasteiger charge is 2.33. The van der Waals surface area contributed by atoms with Crippen molar-refractivity contribution < 1.29 is 27.9 Å². The molecule has 0 unspecified atom stereocenters. The fraction of sp³-hybridized carbons (Fsp3) is 0.125. The summed E-state index contributed by atoms with van der Waals surface area (Å²) in [4.78, 5) is 11.6. The maximum Gasteiger partial charge on any atom is 0.416 e. The maximum atomic E-state index is 13.1. The first-order valence-electron chi connectivity index (χ1n) is 10.2. The smallest absolute Gasteiger partial charge is 0.416 e. The van der Waals surface area contributed by atoms with Crippen LogP contribution in [0, 0.1) is 0 Å². The highest BCUT2D eigenvalue weighted by molar-refractivity contribution is 7.53. The zero-order chi connectivity index (χ0) is 25.0. The molecule has 1 aliphatic rings. The van der Waals surface area contributed by atoms with Crippen LogP contribution in [-0.2, 0) is 20.2 Å². The first-order chi connectivity index (χ1) is 16.7. The Bertz CT molecular complexity index is 1310. The minimum absolute atomic E-state index is 0.0148. The van der Waals surface area contributed by atoms with Crippen LogP contribution in [0.15, 0.2) is 73.0 Å². The van der Waals surface area contributed by atoms with E-state index in [1.807, 2.05) is 0 Å². The molecule has 1 amide bonds. The van der Waals surface area contributed by atoms with Crippen molar-refractivity contribution in [3.63, 3.8) is 0 Å². The van der Waals surface area contributed by atoms with E-state index < -0.39 is 19.6 Å². The topological polar surface area (TPSA) is 97.1 Å². The lowest BCUT2D eigenvalue weighted by atomic mass is 10.1. The van der Waals surface area contributed by atoms with Crippen molar-refractivity contribution in [3.05, 3.63) is 105 Å². The Morgan fingerprint density at radius 2 is 1.74 bits per heavy atom. The third kappa shape index (κ3) is 6.31. The van der Waals surface area contributed by atoms with Gasteiger partial charge in [0, 0.05) is 10.6 Å². The Morgan fingerprint density at radius 1 is 1.00 bits per heavy atom. The molecular formula is C24H19Cl3NO6P. The summed E-state index contributed by atoms with van der Waals surface area (Å²) >= 11 is 18.8. The average Bonchev–Trinajstić information content (AvgIpc) is 2.82. The molecule has 0 aliphatic carbocycles. The second kappa shape index (κ2) is 10.9. The molecule has 0 saturated heterocycles. The zero-order valence-corrected chi connectivity index (χ0v) is 21.2. The number of rotatable bonds is 8. The molecule has 1 aliphatic heterocycles. The molecule has 35 heavy (non-hydrogen) atoms. The second-order valence-corrected chi connectivity index (χ2v) is 10.6. The molecule has 0 spiro atoms. The van der Waals surface area contributed by atoms with Crippen LogP contribution >= 0.6 is 42.4 Å². The Morgan fingerprint density at radius 3 is 2.46 bits per heavy atom. The van der Waals surface area contributed by atoms with E-state index in [1.54, 1.807) is 54.6 Å². The maximum absolute atomic E-state index is 13.1. The summed E-state index contributed by atoms with van der Waals surface area (Å²) in [7, 11) is -3.63. The lowest BCUT2D eigenvalue weighted by molar-refractivity contribution is 0.0996. The Hall–Kier alpha value is -2.67. The van der Waals surface area contributed by atoms with E-state index in [9.17, 15) is 9.36 Å². The summed E-state index contributed by atoms with van der Waals surface area (Å²) in [6.45, 7) is -0.0148. The summed E-state index contributed by atoms with van der Waals surface area (Å²) in [5.74, 6) is -0.0481. The van der Waals surface area contributed by atoms with Gasteiger partial charge in [0.1, 0.15) is 24.2 Å². The van der Waals surface area contributed by atoms with Crippen LogP contribution < -0.4 is 15.2 Å². The van der Waals surface area contributed by atoms with Gasteiger partial charge < -0.3 is 19.7 Å². The fourth-order valence-corrected chi connectivity index (χ4v) is 5.30. The minimum Gasteiger partial charge on any atom is -0.488 e. The van der Waals surface area contributed by atoms with Crippen molar-refractivity contribution in [1.29, 1.82) is 0 Å². The largest absolute Gasteiger partial charge is 0.488 e. The van der Waals surface area contributed by atoms with E-state index in [4.69, 9.17) is 59.1 Å². The van der Waals surface area contributed by atoms with Crippen LogP contribution in [-0.4, -0.2) is 12.3 Å². The second-order valence-electron chi connectivity index (χ2n) is 7.41. The van der Waals surface area contributed by atoms with Gasteiger partial charge in [-0.1, -0.05) is 59.1 Å². The summed E-state index contributed by atoms with van der Waals surface area (Å²) < 4.78 is 35.4. The molecule has 3 aromatic carbocycles. The summed E-state index contributed by atoms with van der Waals surface area (Å²) in [5.41, 5.74) is 6.81. The van der Waals surface area contributed by atoms with E-state index >= 15 is 0 Å². The zero-order valence-electron chi connectivity index (χ0n) is 18.0. The first kappa shape index (κ1) is 25.4. The SMILES string of the molecule is NC(=O)c1ccccc1OCc1c(Cl)cc(OC[P@]2(=O)OC=C[C@@H](c3cccc(Cl)c3)O2)cc1Cl. The molecule has 0 saturated carbocycles. The monoisotopic (exact) mass is 553 g/mol. The normalized spacial score (nSPS) is 19.1. The van der Waals surface area contributed by atoms with E-state index in [1.165, 1.54) is 18.4 Å². The summed E-state index contributed by atoms with van der Waals surface area (Å²) in [6, 6.07) is 16.6.